The fraction of sp³-hybridized carbons (Fsp3) is 0.250. The molecule has 1 fully saturated rings. The van der Waals surface area contributed by atoms with Gasteiger partial charge in [0, 0.05) is 43.3 Å². The highest BCUT2D eigenvalue weighted by atomic mass is 32.1. The molecule has 1 aliphatic heterocycles. The van der Waals surface area contributed by atoms with Gasteiger partial charge < -0.3 is 10.6 Å². The zero-order valence-corrected chi connectivity index (χ0v) is 22.0. The monoisotopic (exact) mass is 513 g/mol. The second-order valence-electron chi connectivity index (χ2n) is 9.05. The molecule has 0 spiro atoms. The Hall–Kier alpha value is -4.11. The number of urea groups is 1. The first kappa shape index (κ1) is 26.0. The lowest BCUT2D eigenvalue weighted by molar-refractivity contribution is 0.194. The van der Waals surface area contributed by atoms with Gasteiger partial charge in [0.05, 0.1) is 5.57 Å². The van der Waals surface area contributed by atoms with Crippen LogP contribution in [-0.4, -0.2) is 49.7 Å². The van der Waals surface area contributed by atoms with Crippen molar-refractivity contribution in [3.63, 3.8) is 0 Å². The topological polar surface area (TPSA) is 97.2 Å². The second kappa shape index (κ2) is 11.7. The molecule has 4 rings (SSSR count). The van der Waals surface area contributed by atoms with Gasteiger partial charge in [-0.3, -0.25) is 15.2 Å². The second-order valence-corrected chi connectivity index (χ2v) is 9.44. The molecule has 3 aromatic rings. The molecule has 9 heteroatoms. The molecule has 1 aromatic heterocycles. The number of carbonyl (C=O) groups is 1. The summed E-state index contributed by atoms with van der Waals surface area (Å²) in [6.07, 6.45) is 3.45. The first-order valence-electron chi connectivity index (χ1n) is 12.3. The van der Waals surface area contributed by atoms with E-state index in [1.807, 2.05) is 75.4 Å². The van der Waals surface area contributed by atoms with Crippen LogP contribution in [0.3, 0.4) is 0 Å². The molecule has 2 aromatic carbocycles. The van der Waals surface area contributed by atoms with E-state index >= 15 is 0 Å². The van der Waals surface area contributed by atoms with E-state index in [1.54, 1.807) is 23.4 Å². The lowest BCUT2D eigenvalue weighted by Crippen LogP contribution is -2.57. The summed E-state index contributed by atoms with van der Waals surface area (Å²) in [7, 11) is 0. The van der Waals surface area contributed by atoms with Crippen molar-refractivity contribution in [2.45, 2.75) is 27.3 Å². The highest BCUT2D eigenvalue weighted by Gasteiger charge is 2.38. The van der Waals surface area contributed by atoms with Gasteiger partial charge in [-0.2, -0.15) is 0 Å². The normalized spacial score (nSPS) is 15.3. The maximum absolute atomic E-state index is 13.1. The molecule has 37 heavy (non-hydrogen) atoms. The van der Waals surface area contributed by atoms with Gasteiger partial charge >= 0.3 is 6.03 Å². The Morgan fingerprint density at radius 2 is 1.68 bits per heavy atom. The number of hydrogen-bond donors (Lipinski definition) is 3. The third-order valence-corrected chi connectivity index (χ3v) is 6.26. The zero-order valence-electron chi connectivity index (χ0n) is 21.2. The Morgan fingerprint density at radius 3 is 2.30 bits per heavy atom. The van der Waals surface area contributed by atoms with Crippen molar-refractivity contribution in [2.75, 3.05) is 18.4 Å². The number of amidine groups is 1. The Balaban J connectivity index is 1.67. The number of aromatic nitrogens is 2. The fourth-order valence-electron chi connectivity index (χ4n) is 4.01. The number of para-hydroxylation sites is 1. The van der Waals surface area contributed by atoms with Crippen LogP contribution in [0.2, 0.25) is 0 Å². The van der Waals surface area contributed by atoms with Gasteiger partial charge in [-0.25, -0.2) is 14.8 Å². The highest BCUT2D eigenvalue weighted by molar-refractivity contribution is 7.80. The summed E-state index contributed by atoms with van der Waals surface area (Å²) < 4.78 is 0. The zero-order chi connectivity index (χ0) is 26.4. The van der Waals surface area contributed by atoms with Gasteiger partial charge in [0.2, 0.25) is 0 Å². The Morgan fingerprint density at radius 1 is 1.00 bits per heavy atom. The average Bonchev–Trinajstić information content (AvgIpc) is 2.91. The minimum Gasteiger partial charge on any atom is -0.367 e. The summed E-state index contributed by atoms with van der Waals surface area (Å²) in [5.74, 6) is 1.54. The lowest BCUT2D eigenvalue weighted by Gasteiger charge is -2.38. The number of carbonyl (C=O) groups excluding carboxylic acids is 1. The number of thiocarbonyl (C=S) groups is 1. The van der Waals surface area contributed by atoms with Crippen molar-refractivity contribution in [1.29, 1.82) is 5.41 Å². The summed E-state index contributed by atoms with van der Waals surface area (Å²) in [4.78, 5) is 25.1. The maximum Gasteiger partial charge on any atom is 0.330 e. The van der Waals surface area contributed by atoms with Crippen LogP contribution in [0.1, 0.15) is 26.3 Å². The van der Waals surface area contributed by atoms with Crippen LogP contribution in [0.5, 0.6) is 0 Å². The number of anilines is 1. The van der Waals surface area contributed by atoms with Crippen molar-refractivity contribution in [1.82, 2.24) is 25.1 Å². The Kier molecular flexibility index (Phi) is 8.25. The molecule has 0 unspecified atom stereocenters. The Labute approximate surface area is 222 Å². The molecule has 0 radical (unpaired) electrons. The van der Waals surface area contributed by atoms with Gasteiger partial charge in [0.25, 0.3) is 0 Å². The predicted molar refractivity (Wildman–Crippen MR) is 151 cm³/mol. The van der Waals surface area contributed by atoms with Crippen LogP contribution in [-0.2, 0) is 6.54 Å². The molecule has 0 atom stereocenters. The minimum absolute atomic E-state index is 0.0934. The van der Waals surface area contributed by atoms with E-state index < -0.39 is 0 Å². The van der Waals surface area contributed by atoms with Crippen LogP contribution in [0.4, 0.5) is 10.5 Å². The van der Waals surface area contributed by atoms with E-state index in [1.165, 1.54) is 4.90 Å². The standard InChI is InChI=1S/C28H31N7OS/c1-4-34-27(37)23(24(29)35(28(34)36)18-19(2)3)26(33-22-9-6-5-7-10-22)32-17-20-11-13-21(14-12-20)25-30-15-8-16-31-25/h5-16,19,29,32-33H,4,17-18H2,1-3H3/b26-23-,29-24?. The van der Waals surface area contributed by atoms with Crippen LogP contribution < -0.4 is 10.6 Å². The van der Waals surface area contributed by atoms with E-state index in [-0.39, 0.29) is 17.8 Å². The first-order valence-corrected chi connectivity index (χ1v) is 12.7. The molecular weight excluding hydrogens is 482 g/mol. The van der Waals surface area contributed by atoms with Gasteiger partial charge in [-0.1, -0.05) is 68.5 Å². The smallest absolute Gasteiger partial charge is 0.330 e. The average molecular weight is 514 g/mol. The molecule has 190 valence electrons. The van der Waals surface area contributed by atoms with Crippen molar-refractivity contribution in [3.05, 3.63) is 90.0 Å². The molecule has 3 N–H and O–H groups in total. The van der Waals surface area contributed by atoms with Gasteiger partial charge in [0.15, 0.2) is 5.82 Å². The fourth-order valence-corrected chi connectivity index (χ4v) is 4.42. The quantitative estimate of drug-likeness (QED) is 0.266. The maximum atomic E-state index is 13.1. The molecule has 2 heterocycles. The van der Waals surface area contributed by atoms with Crippen molar-refractivity contribution in [2.24, 2.45) is 5.92 Å². The van der Waals surface area contributed by atoms with Crippen LogP contribution in [0.15, 0.2) is 84.5 Å². The molecule has 0 bridgehead atoms. The molecule has 0 aliphatic carbocycles. The molecule has 2 amide bonds. The van der Waals surface area contributed by atoms with Gasteiger partial charge in [0.1, 0.15) is 16.6 Å². The number of nitrogens with zero attached hydrogens (tertiary/aromatic N) is 4. The number of rotatable bonds is 9. The Bertz CT molecular complexity index is 1290. The SMILES string of the molecule is CCN1C(=O)N(CC(C)C)C(=N)/C(=C(\NCc2ccc(-c3ncccn3)cc2)Nc2ccccc2)C1=S. The molecule has 1 aliphatic rings. The van der Waals surface area contributed by atoms with Gasteiger partial charge in [-0.05, 0) is 36.6 Å². The van der Waals surface area contributed by atoms with Gasteiger partial charge in [-0.15, -0.1) is 0 Å². The number of likely N-dealkylation sites (N-methyl/N-ethyl adjacent to an activating group) is 1. The summed E-state index contributed by atoms with van der Waals surface area (Å²) in [5, 5.41) is 15.8. The lowest BCUT2D eigenvalue weighted by atomic mass is 10.1. The summed E-state index contributed by atoms with van der Waals surface area (Å²) in [6.45, 7) is 7.28. The van der Waals surface area contributed by atoms with E-state index in [0.29, 0.717) is 41.8 Å². The number of amides is 2. The molecule has 1 saturated heterocycles. The van der Waals surface area contributed by atoms with E-state index in [0.717, 1.165) is 16.8 Å². The third-order valence-electron chi connectivity index (χ3n) is 5.83. The van der Waals surface area contributed by atoms with E-state index in [4.69, 9.17) is 17.6 Å². The predicted octanol–water partition coefficient (Wildman–Crippen LogP) is 5.28. The number of benzene rings is 2. The van der Waals surface area contributed by atoms with E-state index in [2.05, 4.69) is 20.6 Å². The van der Waals surface area contributed by atoms with Crippen molar-refractivity contribution >= 4 is 34.8 Å². The summed E-state index contributed by atoms with van der Waals surface area (Å²) >= 11 is 5.75. The third kappa shape index (κ3) is 6.00. The van der Waals surface area contributed by atoms with Crippen molar-refractivity contribution in [3.8, 4) is 11.4 Å². The number of nitrogens with one attached hydrogen (secondary N) is 3. The minimum atomic E-state index is -0.257. The van der Waals surface area contributed by atoms with Crippen LogP contribution in [0.25, 0.3) is 11.4 Å². The first-order chi connectivity index (χ1) is 17.9. The summed E-state index contributed by atoms with van der Waals surface area (Å²) in [5.41, 5.74) is 3.31. The molecule has 8 nitrogen and oxygen atoms in total. The highest BCUT2D eigenvalue weighted by Crippen LogP contribution is 2.24. The largest absolute Gasteiger partial charge is 0.367 e. The number of hydrogen-bond acceptors (Lipinski definition) is 7. The van der Waals surface area contributed by atoms with Crippen LogP contribution in [0, 0.1) is 11.3 Å². The van der Waals surface area contributed by atoms with Crippen molar-refractivity contribution < 1.29 is 4.79 Å². The van der Waals surface area contributed by atoms with E-state index in [9.17, 15) is 4.79 Å². The molecular formula is C28H31N7OS. The summed E-state index contributed by atoms with van der Waals surface area (Å²) in [6, 6.07) is 19.2. The van der Waals surface area contributed by atoms with Crippen LogP contribution >= 0.6 is 12.2 Å². The molecule has 0 saturated carbocycles.